The van der Waals surface area contributed by atoms with Gasteiger partial charge in [-0.2, -0.15) is 10.1 Å². The number of nitrogens with zero attached hydrogens (tertiary/aromatic N) is 4. The SMILES string of the molecule is Cc1cc(Nc2ncc(O)c(Nc3cn(C)nc3C(C)C)n2)c(OC2CC2)cc1C1CCNC1. The Balaban J connectivity index is 1.43. The summed E-state index contributed by atoms with van der Waals surface area (Å²) >= 11 is 0. The molecule has 1 saturated heterocycles. The van der Waals surface area contributed by atoms with Gasteiger partial charge in [-0.3, -0.25) is 4.68 Å². The van der Waals surface area contributed by atoms with Crippen molar-refractivity contribution in [2.24, 2.45) is 7.05 Å². The van der Waals surface area contributed by atoms with Crippen molar-refractivity contribution in [1.82, 2.24) is 25.1 Å². The number of ether oxygens (including phenoxy) is 1. The van der Waals surface area contributed by atoms with E-state index in [9.17, 15) is 5.11 Å². The molecular formula is C25H33N7O2. The van der Waals surface area contributed by atoms with E-state index in [0.29, 0.717) is 17.7 Å². The number of anilines is 4. The Kier molecular flexibility index (Phi) is 6.03. The average Bonchev–Trinajstić information content (AvgIpc) is 3.28. The topological polar surface area (TPSA) is 109 Å². The molecule has 5 rings (SSSR count). The Hall–Kier alpha value is -3.33. The van der Waals surface area contributed by atoms with Crippen LogP contribution >= 0.6 is 0 Å². The van der Waals surface area contributed by atoms with Crippen molar-refractivity contribution in [1.29, 1.82) is 0 Å². The van der Waals surface area contributed by atoms with Gasteiger partial charge in [0.25, 0.3) is 0 Å². The quantitative estimate of drug-likeness (QED) is 0.388. The minimum atomic E-state index is -0.0289. The van der Waals surface area contributed by atoms with E-state index in [1.807, 2.05) is 13.2 Å². The maximum atomic E-state index is 10.4. The van der Waals surface area contributed by atoms with Gasteiger partial charge in [-0.25, -0.2) is 4.98 Å². The Labute approximate surface area is 200 Å². The van der Waals surface area contributed by atoms with E-state index < -0.39 is 0 Å². The second-order valence-electron chi connectivity index (χ2n) is 9.65. The van der Waals surface area contributed by atoms with Crippen molar-refractivity contribution in [3.05, 3.63) is 41.3 Å². The van der Waals surface area contributed by atoms with Crippen LogP contribution in [0.4, 0.5) is 23.1 Å². The van der Waals surface area contributed by atoms with E-state index in [-0.39, 0.29) is 17.8 Å². The highest BCUT2D eigenvalue weighted by atomic mass is 16.5. The molecule has 2 aromatic heterocycles. The summed E-state index contributed by atoms with van der Waals surface area (Å²) in [6.07, 6.45) is 6.86. The van der Waals surface area contributed by atoms with Crippen LogP contribution in [0.15, 0.2) is 24.5 Å². The molecule has 1 aliphatic carbocycles. The van der Waals surface area contributed by atoms with Gasteiger partial charge in [-0.15, -0.1) is 0 Å². The van der Waals surface area contributed by atoms with Gasteiger partial charge in [-0.05, 0) is 67.8 Å². The Morgan fingerprint density at radius 3 is 2.71 bits per heavy atom. The highest BCUT2D eigenvalue weighted by Crippen LogP contribution is 2.39. The van der Waals surface area contributed by atoms with E-state index >= 15 is 0 Å². The average molecular weight is 464 g/mol. The van der Waals surface area contributed by atoms with E-state index in [4.69, 9.17) is 4.74 Å². The van der Waals surface area contributed by atoms with Crippen LogP contribution in [0.1, 0.15) is 61.8 Å². The molecular weight excluding hydrogens is 430 g/mol. The van der Waals surface area contributed by atoms with Gasteiger partial charge in [-0.1, -0.05) is 13.8 Å². The van der Waals surface area contributed by atoms with Gasteiger partial charge in [0.05, 0.1) is 29.4 Å². The first-order valence-corrected chi connectivity index (χ1v) is 12.0. The monoisotopic (exact) mass is 463 g/mol. The molecule has 0 spiro atoms. The van der Waals surface area contributed by atoms with Crippen LogP contribution in [0, 0.1) is 6.92 Å². The van der Waals surface area contributed by atoms with Crippen LogP contribution in [-0.2, 0) is 7.05 Å². The minimum Gasteiger partial charge on any atom is -0.503 e. The Bertz CT molecular complexity index is 1180. The lowest BCUT2D eigenvalue weighted by atomic mass is 9.93. The van der Waals surface area contributed by atoms with Crippen molar-refractivity contribution in [3.63, 3.8) is 0 Å². The summed E-state index contributed by atoms with van der Waals surface area (Å²) in [6.45, 7) is 8.35. The Morgan fingerprint density at radius 2 is 2.00 bits per heavy atom. The van der Waals surface area contributed by atoms with Crippen LogP contribution in [0.25, 0.3) is 0 Å². The number of hydrogen-bond acceptors (Lipinski definition) is 8. The molecule has 0 amide bonds. The molecule has 1 aliphatic heterocycles. The zero-order valence-electron chi connectivity index (χ0n) is 20.2. The highest BCUT2D eigenvalue weighted by molar-refractivity contribution is 5.69. The number of aromatic hydroxyl groups is 1. The van der Waals surface area contributed by atoms with Crippen LogP contribution in [0.5, 0.6) is 11.5 Å². The maximum absolute atomic E-state index is 10.4. The molecule has 1 unspecified atom stereocenters. The van der Waals surface area contributed by atoms with Crippen molar-refractivity contribution in [2.75, 3.05) is 23.7 Å². The number of aromatic nitrogens is 4. The van der Waals surface area contributed by atoms with E-state index in [2.05, 4.69) is 63.9 Å². The number of rotatable bonds is 8. The predicted octanol–water partition coefficient (Wildman–Crippen LogP) is 4.45. The summed E-state index contributed by atoms with van der Waals surface area (Å²) in [5, 5.41) is 24.9. The molecule has 34 heavy (non-hydrogen) atoms. The molecule has 180 valence electrons. The molecule has 0 radical (unpaired) electrons. The van der Waals surface area contributed by atoms with Gasteiger partial charge >= 0.3 is 0 Å². The maximum Gasteiger partial charge on any atom is 0.229 e. The van der Waals surface area contributed by atoms with E-state index in [0.717, 1.165) is 55.2 Å². The van der Waals surface area contributed by atoms with Gasteiger partial charge in [0.2, 0.25) is 5.95 Å². The zero-order valence-corrected chi connectivity index (χ0v) is 20.2. The fourth-order valence-corrected chi connectivity index (χ4v) is 4.43. The summed E-state index contributed by atoms with van der Waals surface area (Å²) in [5.41, 5.74) is 5.09. The largest absolute Gasteiger partial charge is 0.503 e. The zero-order chi connectivity index (χ0) is 23.8. The van der Waals surface area contributed by atoms with Crippen molar-refractivity contribution in [3.8, 4) is 11.5 Å². The summed E-state index contributed by atoms with van der Waals surface area (Å²) in [6, 6.07) is 4.30. The van der Waals surface area contributed by atoms with Gasteiger partial charge in [0.15, 0.2) is 11.6 Å². The van der Waals surface area contributed by atoms with Gasteiger partial charge < -0.3 is 25.8 Å². The minimum absolute atomic E-state index is 0.0289. The Morgan fingerprint density at radius 1 is 1.18 bits per heavy atom. The van der Waals surface area contributed by atoms with Crippen LogP contribution in [0.3, 0.4) is 0 Å². The standard InChI is InChI=1S/C25H33N7O2/c1-14(2)23-20(13-32(4)31-23)28-24-21(33)12-27-25(30-24)29-19-9-15(3)18(16-7-8-26-11-16)10-22(19)34-17-5-6-17/h9-10,12-14,16-17,26,33H,5-8,11H2,1-4H3,(H2,27,28,29,30). The van der Waals surface area contributed by atoms with Crippen molar-refractivity contribution in [2.45, 2.75) is 58.0 Å². The first-order valence-electron chi connectivity index (χ1n) is 12.0. The van der Waals surface area contributed by atoms with Crippen molar-refractivity contribution < 1.29 is 9.84 Å². The number of nitrogens with one attached hydrogen (secondary N) is 3. The molecule has 4 N–H and O–H groups in total. The fourth-order valence-electron chi connectivity index (χ4n) is 4.43. The predicted molar refractivity (Wildman–Crippen MR) is 133 cm³/mol. The second kappa shape index (κ2) is 9.13. The smallest absolute Gasteiger partial charge is 0.229 e. The lowest BCUT2D eigenvalue weighted by molar-refractivity contribution is 0.304. The third-order valence-corrected chi connectivity index (χ3v) is 6.36. The molecule has 9 heteroatoms. The summed E-state index contributed by atoms with van der Waals surface area (Å²) in [7, 11) is 1.87. The molecule has 3 heterocycles. The van der Waals surface area contributed by atoms with Crippen LogP contribution in [0.2, 0.25) is 0 Å². The van der Waals surface area contributed by atoms with Crippen LogP contribution in [-0.4, -0.2) is 44.0 Å². The first-order chi connectivity index (χ1) is 16.4. The summed E-state index contributed by atoms with van der Waals surface area (Å²) in [4.78, 5) is 8.86. The second-order valence-corrected chi connectivity index (χ2v) is 9.65. The molecule has 2 aliphatic rings. The lowest BCUT2D eigenvalue weighted by Crippen LogP contribution is -2.10. The molecule has 1 atom stereocenters. The number of aryl methyl sites for hydroxylation is 2. The third-order valence-electron chi connectivity index (χ3n) is 6.36. The number of benzene rings is 1. The molecule has 9 nitrogen and oxygen atoms in total. The highest BCUT2D eigenvalue weighted by Gasteiger charge is 2.27. The summed E-state index contributed by atoms with van der Waals surface area (Å²) < 4.78 is 8.01. The van der Waals surface area contributed by atoms with Gasteiger partial charge in [0, 0.05) is 19.8 Å². The lowest BCUT2D eigenvalue weighted by Gasteiger charge is -2.19. The van der Waals surface area contributed by atoms with Crippen LogP contribution < -0.4 is 20.7 Å². The number of hydrogen-bond donors (Lipinski definition) is 4. The fraction of sp³-hybridized carbons (Fsp3) is 0.480. The normalized spacial score (nSPS) is 17.9. The molecule has 3 aromatic rings. The van der Waals surface area contributed by atoms with E-state index in [1.165, 1.54) is 17.3 Å². The summed E-state index contributed by atoms with van der Waals surface area (Å²) in [5.74, 6) is 2.23. The molecule has 2 fully saturated rings. The van der Waals surface area contributed by atoms with Crippen molar-refractivity contribution >= 4 is 23.1 Å². The van der Waals surface area contributed by atoms with E-state index in [1.54, 1.807) is 4.68 Å². The first kappa shape index (κ1) is 22.5. The van der Waals surface area contributed by atoms with Gasteiger partial charge in [0.1, 0.15) is 5.75 Å². The molecule has 1 saturated carbocycles. The third kappa shape index (κ3) is 4.79. The molecule has 1 aromatic carbocycles. The molecule has 0 bridgehead atoms.